The number of carbonyl (C=O) groups excluding carboxylic acids is 1. The highest BCUT2D eigenvalue weighted by Gasteiger charge is 2.36. The molecule has 0 bridgehead atoms. The van der Waals surface area contributed by atoms with Crippen molar-refractivity contribution in [2.45, 2.75) is 46.2 Å². The zero-order chi connectivity index (χ0) is 13.9. The van der Waals surface area contributed by atoms with Gasteiger partial charge in [-0.15, -0.1) is 0 Å². The van der Waals surface area contributed by atoms with Crippen molar-refractivity contribution in [3.8, 4) is 0 Å². The Morgan fingerprint density at radius 3 is 3.05 bits per heavy atom. The second-order valence-corrected chi connectivity index (χ2v) is 5.94. The van der Waals surface area contributed by atoms with E-state index in [1.54, 1.807) is 6.20 Å². The number of imidazole rings is 1. The lowest BCUT2D eigenvalue weighted by Gasteiger charge is -2.38. The molecule has 106 valence electrons. The number of hydrogen-bond donors (Lipinski definition) is 2. The van der Waals surface area contributed by atoms with Crippen LogP contribution in [-0.2, 0) is 11.3 Å². The van der Waals surface area contributed by atoms with E-state index in [9.17, 15) is 4.79 Å². The molecule has 0 spiro atoms. The SMILES string of the molecule is Cc1nccn1CCNC(=O)C1NCCCC1(C)C. The highest BCUT2D eigenvalue weighted by molar-refractivity contribution is 5.82. The quantitative estimate of drug-likeness (QED) is 0.856. The highest BCUT2D eigenvalue weighted by Crippen LogP contribution is 2.29. The largest absolute Gasteiger partial charge is 0.353 e. The molecule has 5 heteroatoms. The molecule has 2 heterocycles. The molecule has 0 saturated carbocycles. The number of rotatable bonds is 4. The van der Waals surface area contributed by atoms with E-state index in [-0.39, 0.29) is 17.4 Å². The molecule has 1 aliphatic rings. The fraction of sp³-hybridized carbons (Fsp3) is 0.714. The van der Waals surface area contributed by atoms with Gasteiger partial charge in [0, 0.05) is 25.5 Å². The van der Waals surface area contributed by atoms with E-state index in [4.69, 9.17) is 0 Å². The van der Waals surface area contributed by atoms with Gasteiger partial charge in [0.2, 0.25) is 5.91 Å². The first-order valence-corrected chi connectivity index (χ1v) is 6.99. The van der Waals surface area contributed by atoms with Gasteiger partial charge in [-0.1, -0.05) is 13.8 Å². The van der Waals surface area contributed by atoms with Crippen LogP contribution in [0.1, 0.15) is 32.5 Å². The minimum absolute atomic E-state index is 0.0350. The van der Waals surface area contributed by atoms with Gasteiger partial charge in [0.05, 0.1) is 6.04 Å². The third-order valence-electron chi connectivity index (χ3n) is 3.97. The average Bonchev–Trinajstić information content (AvgIpc) is 2.74. The number of aryl methyl sites for hydroxylation is 1. The van der Waals surface area contributed by atoms with E-state index in [0.29, 0.717) is 6.54 Å². The monoisotopic (exact) mass is 264 g/mol. The molecule has 1 saturated heterocycles. The van der Waals surface area contributed by atoms with Crippen LogP contribution >= 0.6 is 0 Å². The van der Waals surface area contributed by atoms with E-state index in [2.05, 4.69) is 29.5 Å². The maximum Gasteiger partial charge on any atom is 0.237 e. The van der Waals surface area contributed by atoms with Crippen molar-refractivity contribution in [1.29, 1.82) is 0 Å². The van der Waals surface area contributed by atoms with Crippen LogP contribution in [0.25, 0.3) is 0 Å². The summed E-state index contributed by atoms with van der Waals surface area (Å²) in [5.41, 5.74) is 0.0350. The Bertz CT molecular complexity index is 438. The summed E-state index contributed by atoms with van der Waals surface area (Å²) in [6.45, 7) is 8.62. The molecule has 0 aromatic carbocycles. The Morgan fingerprint density at radius 1 is 1.63 bits per heavy atom. The summed E-state index contributed by atoms with van der Waals surface area (Å²) in [5, 5.41) is 6.36. The molecule has 5 nitrogen and oxygen atoms in total. The fourth-order valence-electron chi connectivity index (χ4n) is 2.70. The van der Waals surface area contributed by atoms with Crippen LogP contribution in [0.2, 0.25) is 0 Å². The van der Waals surface area contributed by atoms with Gasteiger partial charge in [-0.05, 0) is 31.7 Å². The number of aromatic nitrogens is 2. The van der Waals surface area contributed by atoms with Gasteiger partial charge in [-0.25, -0.2) is 4.98 Å². The molecule has 2 rings (SSSR count). The zero-order valence-electron chi connectivity index (χ0n) is 12.1. The Labute approximate surface area is 114 Å². The van der Waals surface area contributed by atoms with Crippen LogP contribution in [0.15, 0.2) is 12.4 Å². The molecule has 1 fully saturated rings. The fourth-order valence-corrected chi connectivity index (χ4v) is 2.70. The molecular formula is C14H24N4O. The predicted octanol–water partition coefficient (Wildman–Crippen LogP) is 1.09. The molecule has 1 aromatic rings. The van der Waals surface area contributed by atoms with Crippen LogP contribution in [0, 0.1) is 12.3 Å². The highest BCUT2D eigenvalue weighted by atomic mass is 16.2. The molecule has 1 atom stereocenters. The van der Waals surface area contributed by atoms with E-state index >= 15 is 0 Å². The molecule has 0 radical (unpaired) electrons. The number of hydrogen-bond acceptors (Lipinski definition) is 3. The topological polar surface area (TPSA) is 59.0 Å². The average molecular weight is 264 g/mol. The summed E-state index contributed by atoms with van der Waals surface area (Å²) >= 11 is 0. The first-order chi connectivity index (χ1) is 9.00. The lowest BCUT2D eigenvalue weighted by molar-refractivity contribution is -0.126. The van der Waals surface area contributed by atoms with Gasteiger partial charge in [0.15, 0.2) is 0 Å². The van der Waals surface area contributed by atoms with E-state index in [0.717, 1.165) is 31.8 Å². The third-order valence-corrected chi connectivity index (χ3v) is 3.97. The molecule has 1 aliphatic heterocycles. The van der Waals surface area contributed by atoms with Crippen LogP contribution in [0.5, 0.6) is 0 Å². The van der Waals surface area contributed by atoms with Gasteiger partial charge in [0.25, 0.3) is 0 Å². The van der Waals surface area contributed by atoms with Crippen molar-refractivity contribution >= 4 is 5.91 Å². The van der Waals surface area contributed by atoms with Crippen molar-refractivity contribution < 1.29 is 4.79 Å². The van der Waals surface area contributed by atoms with E-state index < -0.39 is 0 Å². The van der Waals surface area contributed by atoms with Gasteiger partial charge in [-0.3, -0.25) is 4.79 Å². The van der Waals surface area contributed by atoms with Gasteiger partial charge < -0.3 is 15.2 Å². The molecular weight excluding hydrogens is 240 g/mol. The maximum atomic E-state index is 12.2. The lowest BCUT2D eigenvalue weighted by atomic mass is 9.77. The number of piperidine rings is 1. The number of nitrogens with zero attached hydrogens (tertiary/aromatic N) is 2. The normalized spacial score (nSPS) is 22.2. The summed E-state index contributed by atoms with van der Waals surface area (Å²) in [5.74, 6) is 1.09. The van der Waals surface area contributed by atoms with Gasteiger partial charge >= 0.3 is 0 Å². The number of carbonyl (C=O) groups is 1. The summed E-state index contributed by atoms with van der Waals surface area (Å²) in [7, 11) is 0. The first kappa shape index (κ1) is 14.1. The van der Waals surface area contributed by atoms with Crippen molar-refractivity contribution in [2.75, 3.05) is 13.1 Å². The summed E-state index contributed by atoms with van der Waals surface area (Å²) < 4.78 is 2.04. The van der Waals surface area contributed by atoms with Crippen LogP contribution in [0.4, 0.5) is 0 Å². The minimum atomic E-state index is -0.0786. The van der Waals surface area contributed by atoms with Crippen LogP contribution in [-0.4, -0.2) is 34.6 Å². The molecule has 2 N–H and O–H groups in total. The lowest BCUT2D eigenvalue weighted by Crippen LogP contribution is -2.55. The molecule has 1 aromatic heterocycles. The van der Waals surface area contributed by atoms with Crippen LogP contribution < -0.4 is 10.6 Å². The third kappa shape index (κ3) is 3.35. The standard InChI is InChI=1S/C14H24N4O/c1-11-15-7-9-18(11)10-8-17-13(19)12-14(2,3)5-4-6-16-12/h7,9,12,16H,4-6,8,10H2,1-3H3,(H,17,19). The zero-order valence-corrected chi connectivity index (χ0v) is 12.1. The maximum absolute atomic E-state index is 12.2. The second kappa shape index (κ2) is 5.74. The van der Waals surface area contributed by atoms with Crippen molar-refractivity contribution in [2.24, 2.45) is 5.41 Å². The summed E-state index contributed by atoms with van der Waals surface area (Å²) in [6, 6.07) is -0.0786. The molecule has 1 unspecified atom stereocenters. The van der Waals surface area contributed by atoms with E-state index in [1.165, 1.54) is 0 Å². The Balaban J connectivity index is 1.82. The number of nitrogens with one attached hydrogen (secondary N) is 2. The minimum Gasteiger partial charge on any atom is -0.353 e. The Hall–Kier alpha value is -1.36. The van der Waals surface area contributed by atoms with Gasteiger partial charge in [0.1, 0.15) is 5.82 Å². The molecule has 1 amide bonds. The van der Waals surface area contributed by atoms with Crippen molar-refractivity contribution in [1.82, 2.24) is 20.2 Å². The van der Waals surface area contributed by atoms with Crippen LogP contribution in [0.3, 0.4) is 0 Å². The predicted molar refractivity (Wildman–Crippen MR) is 74.8 cm³/mol. The smallest absolute Gasteiger partial charge is 0.237 e. The Morgan fingerprint density at radius 2 is 2.42 bits per heavy atom. The van der Waals surface area contributed by atoms with E-state index in [1.807, 2.05) is 17.7 Å². The number of amides is 1. The Kier molecular flexibility index (Phi) is 4.24. The second-order valence-electron chi connectivity index (χ2n) is 5.94. The summed E-state index contributed by atoms with van der Waals surface area (Å²) in [4.78, 5) is 16.4. The van der Waals surface area contributed by atoms with Gasteiger partial charge in [-0.2, -0.15) is 0 Å². The van der Waals surface area contributed by atoms with Crippen molar-refractivity contribution in [3.05, 3.63) is 18.2 Å². The first-order valence-electron chi connectivity index (χ1n) is 6.99. The summed E-state index contributed by atoms with van der Waals surface area (Å²) in [6.07, 6.45) is 5.96. The van der Waals surface area contributed by atoms with Crippen molar-refractivity contribution in [3.63, 3.8) is 0 Å². The molecule has 0 aliphatic carbocycles. The molecule has 19 heavy (non-hydrogen) atoms.